The molecule has 1 unspecified atom stereocenters. The lowest BCUT2D eigenvalue weighted by Gasteiger charge is -2.38. The summed E-state index contributed by atoms with van der Waals surface area (Å²) in [5, 5.41) is 14.0. The molecular weight excluding hydrogens is 470 g/mol. The number of hydrogen-bond donors (Lipinski definition) is 1. The van der Waals surface area contributed by atoms with Gasteiger partial charge in [-0.25, -0.2) is 8.42 Å². The van der Waals surface area contributed by atoms with E-state index in [1.807, 2.05) is 38.1 Å². The Morgan fingerprint density at radius 3 is 2.34 bits per heavy atom. The van der Waals surface area contributed by atoms with Gasteiger partial charge in [0.1, 0.15) is 17.9 Å². The summed E-state index contributed by atoms with van der Waals surface area (Å²) in [5.74, 6) is 0.151. The lowest BCUT2D eigenvalue weighted by molar-refractivity contribution is -0.384. The van der Waals surface area contributed by atoms with Crippen molar-refractivity contribution in [2.24, 2.45) is 0 Å². The number of rotatable bonds is 7. The second-order valence-electron chi connectivity index (χ2n) is 8.82. The number of hydrogen-bond acceptors (Lipinski definition) is 6. The maximum Gasteiger partial charge on any atom is 0.269 e. The van der Waals surface area contributed by atoms with E-state index in [0.717, 1.165) is 9.87 Å². The Morgan fingerprint density at radius 2 is 1.69 bits per heavy atom. The maximum absolute atomic E-state index is 13.5. The molecule has 0 bridgehead atoms. The van der Waals surface area contributed by atoms with Gasteiger partial charge in [0, 0.05) is 24.1 Å². The molecule has 1 aliphatic rings. The van der Waals surface area contributed by atoms with Gasteiger partial charge in [0.25, 0.3) is 15.7 Å². The number of non-ortho nitro benzene ring substituents is 1. The van der Waals surface area contributed by atoms with Crippen molar-refractivity contribution in [2.45, 2.75) is 36.8 Å². The Bertz CT molecular complexity index is 1340. The van der Waals surface area contributed by atoms with Gasteiger partial charge in [0.05, 0.1) is 21.5 Å². The minimum Gasteiger partial charge on any atom is -0.487 e. The number of para-hydroxylation sites is 1. The summed E-state index contributed by atoms with van der Waals surface area (Å²) in [4.78, 5) is 23.7. The molecule has 0 radical (unpaired) electrons. The summed E-state index contributed by atoms with van der Waals surface area (Å²) in [7, 11) is -4.13. The third-order valence-electron chi connectivity index (χ3n) is 5.68. The average molecular weight is 496 g/mol. The first-order valence-electron chi connectivity index (χ1n) is 11.0. The minimum atomic E-state index is -4.13. The summed E-state index contributed by atoms with van der Waals surface area (Å²) in [6, 6.07) is 19.8. The molecule has 10 heteroatoms. The first-order valence-corrected chi connectivity index (χ1v) is 12.4. The molecule has 3 aromatic carbocycles. The van der Waals surface area contributed by atoms with Crippen LogP contribution in [0.2, 0.25) is 0 Å². The fourth-order valence-corrected chi connectivity index (χ4v) is 5.52. The predicted molar refractivity (Wildman–Crippen MR) is 131 cm³/mol. The first kappa shape index (κ1) is 24.2. The van der Waals surface area contributed by atoms with E-state index in [4.69, 9.17) is 4.74 Å². The second kappa shape index (κ2) is 9.38. The molecule has 1 N–H and O–H groups in total. The summed E-state index contributed by atoms with van der Waals surface area (Å²) in [5.41, 5.74) is 0.243. The molecule has 3 aromatic rings. The number of nitrogens with one attached hydrogen (secondary N) is 1. The van der Waals surface area contributed by atoms with Gasteiger partial charge in [-0.1, -0.05) is 36.4 Å². The van der Waals surface area contributed by atoms with Crippen LogP contribution in [0, 0.1) is 10.1 Å². The number of carbonyl (C=O) groups excluding carboxylic acids is 1. The van der Waals surface area contributed by atoms with Crippen LogP contribution in [0.15, 0.2) is 83.8 Å². The number of nitro benzene ring substituents is 1. The van der Waals surface area contributed by atoms with Crippen molar-refractivity contribution in [3.05, 3.63) is 94.5 Å². The van der Waals surface area contributed by atoms with Crippen LogP contribution >= 0.6 is 0 Å². The standard InChI is InChI=1S/C25H25N3O6S/c1-25(2)16-22(21-10-6-7-11-23(21)34-25)26-24(29)17-27(18-12-14-19(15-13-18)28(30)31)35(32,33)20-8-4-3-5-9-20/h3-15,22H,16-17H2,1-2H3,(H,26,29). The number of sulfonamides is 1. The van der Waals surface area contributed by atoms with Crippen LogP contribution in [0.4, 0.5) is 11.4 Å². The van der Waals surface area contributed by atoms with E-state index < -0.39 is 33.0 Å². The van der Waals surface area contributed by atoms with E-state index in [1.54, 1.807) is 18.2 Å². The van der Waals surface area contributed by atoms with Crippen molar-refractivity contribution < 1.29 is 22.9 Å². The van der Waals surface area contributed by atoms with Gasteiger partial charge in [-0.05, 0) is 44.2 Å². The van der Waals surface area contributed by atoms with Gasteiger partial charge in [0.2, 0.25) is 5.91 Å². The van der Waals surface area contributed by atoms with Crippen molar-refractivity contribution >= 4 is 27.3 Å². The fourth-order valence-electron chi connectivity index (χ4n) is 4.08. The van der Waals surface area contributed by atoms with Crippen LogP contribution < -0.4 is 14.4 Å². The Balaban J connectivity index is 1.65. The van der Waals surface area contributed by atoms with Gasteiger partial charge < -0.3 is 10.1 Å². The molecule has 1 heterocycles. The number of amides is 1. The Kier molecular flexibility index (Phi) is 6.49. The molecular formula is C25H25N3O6S. The fraction of sp³-hybridized carbons (Fsp3) is 0.240. The van der Waals surface area contributed by atoms with Crippen molar-refractivity contribution in [1.29, 1.82) is 0 Å². The van der Waals surface area contributed by atoms with Crippen LogP contribution in [-0.4, -0.2) is 31.4 Å². The van der Waals surface area contributed by atoms with E-state index >= 15 is 0 Å². The molecule has 182 valence electrons. The normalized spacial score (nSPS) is 16.5. The van der Waals surface area contributed by atoms with Gasteiger partial charge in [-0.15, -0.1) is 0 Å². The highest BCUT2D eigenvalue weighted by Crippen LogP contribution is 2.39. The van der Waals surface area contributed by atoms with Crippen LogP contribution in [0.25, 0.3) is 0 Å². The number of nitro groups is 1. The zero-order valence-corrected chi connectivity index (χ0v) is 20.1. The molecule has 35 heavy (non-hydrogen) atoms. The van der Waals surface area contributed by atoms with Gasteiger partial charge in [0.15, 0.2) is 0 Å². The highest BCUT2D eigenvalue weighted by atomic mass is 32.2. The summed E-state index contributed by atoms with van der Waals surface area (Å²) < 4.78 is 33.9. The number of carbonyl (C=O) groups is 1. The number of ether oxygens (including phenoxy) is 1. The van der Waals surface area contributed by atoms with E-state index in [0.29, 0.717) is 12.2 Å². The summed E-state index contributed by atoms with van der Waals surface area (Å²) in [6.07, 6.45) is 0.499. The number of nitrogens with zero attached hydrogens (tertiary/aromatic N) is 2. The van der Waals surface area contributed by atoms with Crippen molar-refractivity contribution in [1.82, 2.24) is 5.32 Å². The van der Waals surface area contributed by atoms with E-state index in [9.17, 15) is 23.3 Å². The molecule has 1 atom stereocenters. The largest absolute Gasteiger partial charge is 0.487 e. The number of anilines is 1. The van der Waals surface area contributed by atoms with Crippen LogP contribution in [0.3, 0.4) is 0 Å². The molecule has 1 aliphatic heterocycles. The summed E-state index contributed by atoms with van der Waals surface area (Å²) in [6.45, 7) is 3.34. The van der Waals surface area contributed by atoms with Crippen LogP contribution in [0.5, 0.6) is 5.75 Å². The Hall–Kier alpha value is -3.92. The monoisotopic (exact) mass is 495 g/mol. The molecule has 1 amide bonds. The quantitative estimate of drug-likeness (QED) is 0.387. The third-order valence-corrected chi connectivity index (χ3v) is 7.47. The lowest BCUT2D eigenvalue weighted by Crippen LogP contribution is -2.45. The lowest BCUT2D eigenvalue weighted by atomic mass is 9.89. The van der Waals surface area contributed by atoms with E-state index in [-0.39, 0.29) is 22.3 Å². The molecule has 0 aromatic heterocycles. The van der Waals surface area contributed by atoms with Crippen LogP contribution in [0.1, 0.15) is 31.9 Å². The van der Waals surface area contributed by atoms with Crippen molar-refractivity contribution in [3.63, 3.8) is 0 Å². The molecule has 0 fully saturated rings. The zero-order valence-electron chi connectivity index (χ0n) is 19.2. The Morgan fingerprint density at radius 1 is 1.06 bits per heavy atom. The van der Waals surface area contributed by atoms with Gasteiger partial charge in [-0.3, -0.25) is 19.2 Å². The third kappa shape index (κ3) is 5.27. The highest BCUT2D eigenvalue weighted by Gasteiger charge is 2.35. The molecule has 0 aliphatic carbocycles. The minimum absolute atomic E-state index is 0.00342. The van der Waals surface area contributed by atoms with Crippen molar-refractivity contribution in [3.8, 4) is 5.75 Å². The summed E-state index contributed by atoms with van der Waals surface area (Å²) >= 11 is 0. The zero-order chi connectivity index (χ0) is 25.2. The van der Waals surface area contributed by atoms with Gasteiger partial charge >= 0.3 is 0 Å². The maximum atomic E-state index is 13.5. The Labute approximate surface area is 203 Å². The topological polar surface area (TPSA) is 119 Å². The molecule has 4 rings (SSSR count). The number of fused-ring (bicyclic) bond motifs is 1. The smallest absolute Gasteiger partial charge is 0.269 e. The highest BCUT2D eigenvalue weighted by molar-refractivity contribution is 7.92. The SMILES string of the molecule is CC1(C)CC(NC(=O)CN(c2ccc([N+](=O)[O-])cc2)S(=O)(=O)c2ccccc2)c2ccccc2O1. The molecule has 9 nitrogen and oxygen atoms in total. The first-order chi connectivity index (χ1) is 16.6. The predicted octanol–water partition coefficient (Wildman–Crippen LogP) is 4.21. The molecule has 0 spiro atoms. The molecule has 0 saturated carbocycles. The van der Waals surface area contributed by atoms with Crippen molar-refractivity contribution in [2.75, 3.05) is 10.8 Å². The average Bonchev–Trinajstić information content (AvgIpc) is 2.82. The van der Waals surface area contributed by atoms with E-state index in [2.05, 4.69) is 5.32 Å². The van der Waals surface area contributed by atoms with Crippen LogP contribution in [-0.2, 0) is 14.8 Å². The number of benzene rings is 3. The second-order valence-corrected chi connectivity index (χ2v) is 10.7. The van der Waals surface area contributed by atoms with Gasteiger partial charge in [-0.2, -0.15) is 0 Å². The van der Waals surface area contributed by atoms with E-state index in [1.165, 1.54) is 36.4 Å². The molecule has 0 saturated heterocycles.